The summed E-state index contributed by atoms with van der Waals surface area (Å²) in [4.78, 5) is 20.5. The van der Waals surface area contributed by atoms with Crippen molar-refractivity contribution < 1.29 is 24.5 Å². The number of rotatable bonds is 6. The van der Waals surface area contributed by atoms with E-state index in [0.717, 1.165) is 0 Å². The standard InChI is InChI=1S/C10H11NO5/c12-9(13)5-11-7-1-3-8(4-2-7)16-6-10(14)15/h1-4,11H,5-6H2,(H,12,13)(H,14,15). The Bertz CT molecular complexity index is 336. The highest BCUT2D eigenvalue weighted by Crippen LogP contribution is 2.15. The van der Waals surface area contributed by atoms with E-state index in [1.165, 1.54) is 0 Å². The summed E-state index contributed by atoms with van der Waals surface area (Å²) in [6.07, 6.45) is 0. The van der Waals surface area contributed by atoms with E-state index in [0.29, 0.717) is 11.4 Å². The molecule has 6 heteroatoms. The Morgan fingerprint density at radius 2 is 1.75 bits per heavy atom. The molecule has 86 valence electrons. The van der Waals surface area contributed by atoms with Gasteiger partial charge in [0.2, 0.25) is 0 Å². The Hall–Kier alpha value is -2.24. The fourth-order valence-corrected chi connectivity index (χ4v) is 0.992. The molecule has 3 N–H and O–H groups in total. The fraction of sp³-hybridized carbons (Fsp3) is 0.200. The number of anilines is 1. The van der Waals surface area contributed by atoms with Crippen molar-refractivity contribution in [2.45, 2.75) is 0 Å². The van der Waals surface area contributed by atoms with Crippen molar-refractivity contribution in [3.8, 4) is 5.75 Å². The van der Waals surface area contributed by atoms with Crippen molar-refractivity contribution in [1.29, 1.82) is 0 Å². The van der Waals surface area contributed by atoms with Crippen molar-refractivity contribution >= 4 is 17.6 Å². The van der Waals surface area contributed by atoms with E-state index in [1.54, 1.807) is 24.3 Å². The largest absolute Gasteiger partial charge is 0.482 e. The molecule has 6 nitrogen and oxygen atoms in total. The molecule has 0 amide bonds. The van der Waals surface area contributed by atoms with Gasteiger partial charge in [0.25, 0.3) is 0 Å². The summed E-state index contributed by atoms with van der Waals surface area (Å²) in [5.41, 5.74) is 0.630. The van der Waals surface area contributed by atoms with Crippen LogP contribution in [0.4, 0.5) is 5.69 Å². The first-order valence-electron chi connectivity index (χ1n) is 4.48. The van der Waals surface area contributed by atoms with Gasteiger partial charge in [-0.1, -0.05) is 0 Å². The molecule has 0 saturated carbocycles. The number of aliphatic carboxylic acids is 2. The van der Waals surface area contributed by atoms with Gasteiger partial charge in [0.05, 0.1) is 0 Å². The van der Waals surface area contributed by atoms with Crippen molar-refractivity contribution in [1.82, 2.24) is 0 Å². The molecule has 0 aliphatic heterocycles. The first-order chi connectivity index (χ1) is 7.58. The van der Waals surface area contributed by atoms with Crippen LogP contribution in [0.15, 0.2) is 24.3 Å². The first-order valence-corrected chi connectivity index (χ1v) is 4.48. The summed E-state index contributed by atoms with van der Waals surface area (Å²) in [7, 11) is 0. The van der Waals surface area contributed by atoms with Crippen LogP contribution in [-0.4, -0.2) is 35.3 Å². The molecule has 0 saturated heterocycles. The molecule has 0 radical (unpaired) electrons. The highest BCUT2D eigenvalue weighted by molar-refractivity contribution is 5.72. The van der Waals surface area contributed by atoms with E-state index in [9.17, 15) is 9.59 Å². The third-order valence-electron chi connectivity index (χ3n) is 1.66. The predicted molar refractivity (Wildman–Crippen MR) is 55.7 cm³/mol. The summed E-state index contributed by atoms with van der Waals surface area (Å²) >= 11 is 0. The third-order valence-corrected chi connectivity index (χ3v) is 1.66. The maximum atomic E-state index is 10.3. The summed E-state index contributed by atoms with van der Waals surface area (Å²) in [5.74, 6) is -1.58. The predicted octanol–water partition coefficient (Wildman–Crippen LogP) is 0.647. The normalized spacial score (nSPS) is 9.50. The number of ether oxygens (including phenoxy) is 1. The lowest BCUT2D eigenvalue weighted by atomic mass is 10.3. The lowest BCUT2D eigenvalue weighted by Crippen LogP contribution is -2.12. The lowest BCUT2D eigenvalue weighted by molar-refractivity contribution is -0.139. The van der Waals surface area contributed by atoms with Gasteiger partial charge >= 0.3 is 11.9 Å². The molecule has 1 rings (SSSR count). The molecular formula is C10H11NO5. The van der Waals surface area contributed by atoms with Crippen molar-refractivity contribution in [2.75, 3.05) is 18.5 Å². The molecule has 1 aromatic carbocycles. The van der Waals surface area contributed by atoms with Crippen LogP contribution >= 0.6 is 0 Å². The summed E-state index contributed by atoms with van der Waals surface area (Å²) in [5, 5.41) is 19.5. The molecule has 0 spiro atoms. The maximum Gasteiger partial charge on any atom is 0.341 e. The van der Waals surface area contributed by atoms with Crippen LogP contribution < -0.4 is 10.1 Å². The Balaban J connectivity index is 2.47. The second-order valence-electron chi connectivity index (χ2n) is 2.95. The SMILES string of the molecule is O=C(O)CNc1ccc(OCC(=O)O)cc1. The molecule has 0 heterocycles. The monoisotopic (exact) mass is 225 g/mol. The molecular weight excluding hydrogens is 214 g/mol. The van der Waals surface area contributed by atoms with Crippen LogP contribution in [-0.2, 0) is 9.59 Å². The Morgan fingerprint density at radius 1 is 1.12 bits per heavy atom. The van der Waals surface area contributed by atoms with Gasteiger partial charge < -0.3 is 20.3 Å². The molecule has 0 aliphatic carbocycles. The molecule has 0 atom stereocenters. The minimum absolute atomic E-state index is 0.171. The average molecular weight is 225 g/mol. The van der Waals surface area contributed by atoms with Crippen molar-refractivity contribution in [3.05, 3.63) is 24.3 Å². The van der Waals surface area contributed by atoms with E-state index < -0.39 is 18.5 Å². The molecule has 0 aliphatic rings. The van der Waals surface area contributed by atoms with E-state index in [4.69, 9.17) is 14.9 Å². The Labute approximate surface area is 91.5 Å². The smallest absolute Gasteiger partial charge is 0.341 e. The zero-order valence-corrected chi connectivity index (χ0v) is 8.34. The van der Waals surface area contributed by atoms with E-state index >= 15 is 0 Å². The highest BCUT2D eigenvalue weighted by atomic mass is 16.5. The molecule has 0 bridgehead atoms. The summed E-state index contributed by atoms with van der Waals surface area (Å²) < 4.78 is 4.90. The molecule has 0 fully saturated rings. The Kier molecular flexibility index (Phi) is 4.14. The second kappa shape index (κ2) is 5.59. The number of carboxylic acid groups (broad SMARTS) is 2. The van der Waals surface area contributed by atoms with Crippen molar-refractivity contribution in [2.24, 2.45) is 0 Å². The van der Waals surface area contributed by atoms with Crippen LogP contribution in [0.3, 0.4) is 0 Å². The van der Waals surface area contributed by atoms with E-state index in [2.05, 4.69) is 5.32 Å². The van der Waals surface area contributed by atoms with Gasteiger partial charge in [0, 0.05) is 5.69 Å². The van der Waals surface area contributed by atoms with Gasteiger partial charge in [-0.05, 0) is 24.3 Å². The number of hydrogen-bond donors (Lipinski definition) is 3. The first kappa shape index (κ1) is 11.8. The zero-order chi connectivity index (χ0) is 12.0. The number of benzene rings is 1. The molecule has 0 unspecified atom stereocenters. The minimum atomic E-state index is -1.05. The number of nitrogens with one attached hydrogen (secondary N) is 1. The Morgan fingerprint density at radius 3 is 2.25 bits per heavy atom. The van der Waals surface area contributed by atoms with Gasteiger partial charge in [-0.2, -0.15) is 0 Å². The van der Waals surface area contributed by atoms with Gasteiger partial charge in [0.15, 0.2) is 6.61 Å². The van der Waals surface area contributed by atoms with Crippen molar-refractivity contribution in [3.63, 3.8) is 0 Å². The summed E-state index contributed by atoms with van der Waals surface area (Å²) in [6.45, 7) is -0.572. The topological polar surface area (TPSA) is 95.9 Å². The quantitative estimate of drug-likeness (QED) is 0.657. The van der Waals surface area contributed by atoms with Gasteiger partial charge in [-0.3, -0.25) is 4.79 Å². The average Bonchev–Trinajstić information content (AvgIpc) is 2.25. The minimum Gasteiger partial charge on any atom is -0.482 e. The van der Waals surface area contributed by atoms with Gasteiger partial charge in [-0.25, -0.2) is 4.79 Å². The fourth-order valence-electron chi connectivity index (χ4n) is 0.992. The lowest BCUT2D eigenvalue weighted by Gasteiger charge is -2.05. The highest BCUT2D eigenvalue weighted by Gasteiger charge is 2.00. The molecule has 0 aromatic heterocycles. The van der Waals surface area contributed by atoms with Crippen LogP contribution in [0, 0.1) is 0 Å². The van der Waals surface area contributed by atoms with E-state index in [1.807, 2.05) is 0 Å². The number of carboxylic acids is 2. The number of hydrogen-bond acceptors (Lipinski definition) is 4. The third kappa shape index (κ3) is 4.32. The number of carbonyl (C=O) groups is 2. The van der Waals surface area contributed by atoms with Crippen LogP contribution in [0.1, 0.15) is 0 Å². The molecule has 16 heavy (non-hydrogen) atoms. The van der Waals surface area contributed by atoms with Gasteiger partial charge in [0.1, 0.15) is 12.3 Å². The maximum absolute atomic E-state index is 10.3. The van der Waals surface area contributed by atoms with Crippen LogP contribution in [0.5, 0.6) is 5.75 Å². The zero-order valence-electron chi connectivity index (χ0n) is 8.34. The molecule has 1 aromatic rings. The van der Waals surface area contributed by atoms with Gasteiger partial charge in [-0.15, -0.1) is 0 Å². The summed E-state index contributed by atoms with van der Waals surface area (Å²) in [6, 6.07) is 6.35. The van der Waals surface area contributed by atoms with E-state index in [-0.39, 0.29) is 6.54 Å². The van der Waals surface area contributed by atoms with Crippen LogP contribution in [0.25, 0.3) is 0 Å². The van der Waals surface area contributed by atoms with Crippen LogP contribution in [0.2, 0.25) is 0 Å². The second-order valence-corrected chi connectivity index (χ2v) is 2.95.